The number of hydrogen-bond acceptors (Lipinski definition) is 4. The first-order valence-corrected chi connectivity index (χ1v) is 8.34. The molecule has 21 heavy (non-hydrogen) atoms. The highest BCUT2D eigenvalue weighted by atomic mass is 35.5. The molecule has 0 radical (unpaired) electrons. The van der Waals surface area contributed by atoms with Crippen LogP contribution in [0.1, 0.15) is 20.8 Å². The van der Waals surface area contributed by atoms with E-state index in [2.05, 4.69) is 10.0 Å². The zero-order chi connectivity index (χ0) is 16.2. The van der Waals surface area contributed by atoms with E-state index in [1.165, 1.54) is 25.1 Å². The monoisotopic (exact) mass is 333 g/mol. The number of sulfonamides is 1. The molecule has 1 amide bonds. The number of anilines is 1. The van der Waals surface area contributed by atoms with Crippen LogP contribution in [0.4, 0.5) is 5.69 Å². The van der Waals surface area contributed by atoms with E-state index in [0.717, 1.165) is 0 Å². The van der Waals surface area contributed by atoms with E-state index in [1.54, 1.807) is 0 Å². The molecule has 0 spiro atoms. The molecule has 1 unspecified atom stereocenters. The smallest absolute Gasteiger partial charge is 0.242 e. The molecule has 1 aromatic rings. The molecular weight excluding hydrogens is 314 g/mol. The number of rotatable bonds is 6. The van der Waals surface area contributed by atoms with Crippen LogP contribution in [-0.2, 0) is 14.8 Å². The van der Waals surface area contributed by atoms with Crippen LogP contribution in [0.15, 0.2) is 23.1 Å². The van der Waals surface area contributed by atoms with Gasteiger partial charge in [0.25, 0.3) is 0 Å². The van der Waals surface area contributed by atoms with Crippen LogP contribution in [0.5, 0.6) is 0 Å². The van der Waals surface area contributed by atoms with Crippen LogP contribution < -0.4 is 15.8 Å². The van der Waals surface area contributed by atoms with Crippen molar-refractivity contribution < 1.29 is 13.2 Å². The highest BCUT2D eigenvalue weighted by molar-refractivity contribution is 7.89. The van der Waals surface area contributed by atoms with Crippen molar-refractivity contribution in [2.24, 2.45) is 5.92 Å². The molecule has 0 heterocycles. The zero-order valence-corrected chi connectivity index (χ0v) is 13.8. The summed E-state index contributed by atoms with van der Waals surface area (Å²) in [6.07, 6.45) is 0. The van der Waals surface area contributed by atoms with Crippen molar-refractivity contribution in [3.8, 4) is 0 Å². The molecule has 0 aliphatic heterocycles. The Morgan fingerprint density at radius 2 is 1.95 bits per heavy atom. The highest BCUT2D eigenvalue weighted by Gasteiger charge is 2.24. The molecule has 118 valence electrons. The molecule has 0 saturated carbocycles. The summed E-state index contributed by atoms with van der Waals surface area (Å²) in [6.45, 7) is 5.85. The van der Waals surface area contributed by atoms with Gasteiger partial charge < -0.3 is 11.1 Å². The van der Waals surface area contributed by atoms with Crippen molar-refractivity contribution in [2.45, 2.75) is 31.7 Å². The average Bonchev–Trinajstić information content (AvgIpc) is 2.34. The normalized spacial score (nSPS) is 13.2. The largest absolute Gasteiger partial charge is 0.399 e. The van der Waals surface area contributed by atoms with E-state index in [1.807, 2.05) is 13.8 Å². The average molecular weight is 334 g/mol. The minimum atomic E-state index is -3.89. The molecule has 0 aromatic heterocycles. The minimum absolute atomic E-state index is 0.0114. The van der Waals surface area contributed by atoms with Crippen molar-refractivity contribution in [3.63, 3.8) is 0 Å². The van der Waals surface area contributed by atoms with Gasteiger partial charge in [0, 0.05) is 12.2 Å². The van der Waals surface area contributed by atoms with E-state index in [4.69, 9.17) is 17.3 Å². The van der Waals surface area contributed by atoms with Crippen molar-refractivity contribution >= 4 is 33.2 Å². The quantitative estimate of drug-likeness (QED) is 0.684. The minimum Gasteiger partial charge on any atom is -0.399 e. The van der Waals surface area contributed by atoms with Crippen molar-refractivity contribution in [1.82, 2.24) is 10.0 Å². The second kappa shape index (κ2) is 7.11. The first kappa shape index (κ1) is 17.7. The fraction of sp³-hybridized carbons (Fsp3) is 0.462. The number of nitrogens with two attached hydrogens (primary N) is 1. The number of halogens is 1. The number of benzene rings is 1. The standard InChI is InChI=1S/C13H20ClN3O3S/c1-8(2)7-16-13(18)9(3)17-21(19,20)12-5-4-10(15)6-11(12)14/h4-6,8-9,17H,7,15H2,1-3H3,(H,16,18). The Hall–Kier alpha value is -1.31. The van der Waals surface area contributed by atoms with E-state index in [0.29, 0.717) is 12.2 Å². The number of carbonyl (C=O) groups is 1. The van der Waals surface area contributed by atoms with E-state index < -0.39 is 16.1 Å². The third-order valence-corrected chi connectivity index (χ3v) is 4.68. The Morgan fingerprint density at radius 1 is 1.33 bits per heavy atom. The fourth-order valence-electron chi connectivity index (χ4n) is 1.54. The summed E-state index contributed by atoms with van der Waals surface area (Å²) >= 11 is 5.88. The van der Waals surface area contributed by atoms with Crippen LogP contribution in [0.25, 0.3) is 0 Å². The van der Waals surface area contributed by atoms with Crippen LogP contribution in [0.2, 0.25) is 5.02 Å². The Balaban J connectivity index is 2.82. The molecule has 0 aliphatic rings. The number of nitrogens with one attached hydrogen (secondary N) is 2. The molecule has 1 rings (SSSR count). The fourth-order valence-corrected chi connectivity index (χ4v) is 3.30. The van der Waals surface area contributed by atoms with Gasteiger partial charge in [0.1, 0.15) is 4.90 Å². The van der Waals surface area contributed by atoms with Crippen molar-refractivity contribution in [1.29, 1.82) is 0 Å². The Morgan fingerprint density at radius 3 is 2.48 bits per heavy atom. The Kier molecular flexibility index (Phi) is 6.00. The van der Waals surface area contributed by atoms with Crippen molar-refractivity contribution in [2.75, 3.05) is 12.3 Å². The van der Waals surface area contributed by atoms with E-state index in [-0.39, 0.29) is 21.7 Å². The van der Waals surface area contributed by atoms with Crippen LogP contribution in [0, 0.1) is 5.92 Å². The molecule has 1 aromatic carbocycles. The van der Waals surface area contributed by atoms with Gasteiger partial charge in [0.15, 0.2) is 0 Å². The maximum absolute atomic E-state index is 12.2. The summed E-state index contributed by atoms with van der Waals surface area (Å²) < 4.78 is 26.7. The van der Waals surface area contributed by atoms with Crippen LogP contribution in [-0.4, -0.2) is 26.9 Å². The van der Waals surface area contributed by atoms with E-state index in [9.17, 15) is 13.2 Å². The number of carbonyl (C=O) groups excluding carboxylic acids is 1. The SMILES string of the molecule is CC(C)CNC(=O)C(C)NS(=O)(=O)c1ccc(N)cc1Cl. The Labute approximate surface area is 130 Å². The van der Waals surface area contributed by atoms with Gasteiger partial charge >= 0.3 is 0 Å². The molecule has 0 aliphatic carbocycles. The lowest BCUT2D eigenvalue weighted by atomic mass is 10.2. The Bertz CT molecular complexity index is 617. The molecule has 0 saturated heterocycles. The van der Waals surface area contributed by atoms with E-state index >= 15 is 0 Å². The van der Waals surface area contributed by atoms with Crippen LogP contribution >= 0.6 is 11.6 Å². The predicted octanol–water partition coefficient (Wildman–Crippen LogP) is 1.36. The maximum Gasteiger partial charge on any atom is 0.242 e. The highest BCUT2D eigenvalue weighted by Crippen LogP contribution is 2.23. The molecule has 0 bridgehead atoms. The molecule has 6 nitrogen and oxygen atoms in total. The molecular formula is C13H20ClN3O3S. The second-order valence-electron chi connectivity index (χ2n) is 5.17. The van der Waals surface area contributed by atoms with Crippen LogP contribution in [0.3, 0.4) is 0 Å². The molecule has 0 fully saturated rings. The maximum atomic E-state index is 12.2. The lowest BCUT2D eigenvalue weighted by molar-refractivity contribution is -0.122. The molecule has 4 N–H and O–H groups in total. The number of hydrogen-bond donors (Lipinski definition) is 3. The zero-order valence-electron chi connectivity index (χ0n) is 12.2. The molecule has 1 atom stereocenters. The second-order valence-corrected chi connectivity index (χ2v) is 7.26. The van der Waals surface area contributed by atoms with Gasteiger partial charge in [-0.15, -0.1) is 0 Å². The first-order valence-electron chi connectivity index (χ1n) is 6.48. The van der Waals surface area contributed by atoms with Crippen molar-refractivity contribution in [3.05, 3.63) is 23.2 Å². The molecule has 8 heteroatoms. The predicted molar refractivity (Wildman–Crippen MR) is 83.5 cm³/mol. The summed E-state index contributed by atoms with van der Waals surface area (Å²) in [5.41, 5.74) is 5.89. The lowest BCUT2D eigenvalue weighted by Gasteiger charge is -2.16. The summed E-state index contributed by atoms with van der Waals surface area (Å²) in [7, 11) is -3.89. The topological polar surface area (TPSA) is 101 Å². The summed E-state index contributed by atoms with van der Waals surface area (Å²) in [5, 5.41) is 2.67. The first-order chi connectivity index (χ1) is 9.63. The van der Waals surface area contributed by atoms with Gasteiger partial charge in [-0.3, -0.25) is 4.79 Å². The van der Waals surface area contributed by atoms with Gasteiger partial charge in [-0.25, -0.2) is 8.42 Å². The van der Waals surface area contributed by atoms with Gasteiger partial charge in [0.2, 0.25) is 15.9 Å². The van der Waals surface area contributed by atoms with Gasteiger partial charge in [-0.1, -0.05) is 25.4 Å². The summed E-state index contributed by atoms with van der Waals surface area (Å²) in [4.78, 5) is 11.7. The number of amides is 1. The third kappa shape index (κ3) is 5.18. The van der Waals surface area contributed by atoms with Gasteiger partial charge in [-0.2, -0.15) is 4.72 Å². The number of nitrogen functional groups attached to an aromatic ring is 1. The third-order valence-electron chi connectivity index (χ3n) is 2.66. The summed E-state index contributed by atoms with van der Waals surface area (Å²) in [6, 6.07) is 3.19. The van der Waals surface area contributed by atoms with Gasteiger partial charge in [-0.05, 0) is 31.0 Å². The lowest BCUT2D eigenvalue weighted by Crippen LogP contribution is -2.45. The van der Waals surface area contributed by atoms with Gasteiger partial charge in [0.05, 0.1) is 11.1 Å². The summed E-state index contributed by atoms with van der Waals surface area (Å²) in [5.74, 6) is -0.108.